The molecule has 1 saturated heterocycles. The quantitative estimate of drug-likeness (QED) is 0.731. The molecule has 2 heteroatoms. The first-order valence-corrected chi connectivity index (χ1v) is 6.50. The van der Waals surface area contributed by atoms with Crippen LogP contribution in [0.15, 0.2) is 0 Å². The van der Waals surface area contributed by atoms with Crippen molar-refractivity contribution in [2.75, 3.05) is 27.2 Å². The van der Waals surface area contributed by atoms with Gasteiger partial charge in [0.1, 0.15) is 0 Å². The first-order valence-electron chi connectivity index (χ1n) is 6.50. The van der Waals surface area contributed by atoms with Crippen LogP contribution in [0.1, 0.15) is 47.0 Å². The Balaban J connectivity index is 2.56. The highest BCUT2D eigenvalue weighted by Gasteiger charge is 2.36. The van der Waals surface area contributed by atoms with Gasteiger partial charge in [-0.2, -0.15) is 0 Å². The van der Waals surface area contributed by atoms with E-state index in [9.17, 15) is 0 Å². The van der Waals surface area contributed by atoms with Crippen LogP contribution >= 0.6 is 0 Å². The van der Waals surface area contributed by atoms with Gasteiger partial charge in [0.05, 0.1) is 5.60 Å². The molecule has 2 nitrogen and oxygen atoms in total. The lowest BCUT2D eigenvalue weighted by atomic mass is 9.68. The van der Waals surface area contributed by atoms with Crippen LogP contribution in [-0.4, -0.2) is 37.7 Å². The van der Waals surface area contributed by atoms with E-state index in [2.05, 4.69) is 39.6 Å². The lowest BCUT2D eigenvalue weighted by Gasteiger charge is -2.43. The molecule has 1 fully saturated rings. The summed E-state index contributed by atoms with van der Waals surface area (Å²) in [5.74, 6) is 0.845. The van der Waals surface area contributed by atoms with Gasteiger partial charge in [-0.25, -0.2) is 0 Å². The number of nitrogens with zero attached hydrogens (tertiary/aromatic N) is 1. The molecule has 0 unspecified atom stereocenters. The SMILES string of the molecule is COC(C)(C)CC(C)(C)C1CCN(C)CC1. The molecular weight excluding hydrogens is 198 g/mol. The summed E-state index contributed by atoms with van der Waals surface area (Å²) in [6.45, 7) is 11.7. The third-order valence-corrected chi connectivity index (χ3v) is 4.26. The van der Waals surface area contributed by atoms with Crippen molar-refractivity contribution in [2.45, 2.75) is 52.6 Å². The second-order valence-corrected chi connectivity index (χ2v) is 6.71. The van der Waals surface area contributed by atoms with E-state index in [0.717, 1.165) is 12.3 Å². The van der Waals surface area contributed by atoms with Gasteiger partial charge in [0.15, 0.2) is 0 Å². The smallest absolute Gasteiger partial charge is 0.0627 e. The van der Waals surface area contributed by atoms with E-state index in [1.165, 1.54) is 25.9 Å². The summed E-state index contributed by atoms with van der Waals surface area (Å²) >= 11 is 0. The van der Waals surface area contributed by atoms with Crippen LogP contribution < -0.4 is 0 Å². The van der Waals surface area contributed by atoms with E-state index >= 15 is 0 Å². The highest BCUT2D eigenvalue weighted by atomic mass is 16.5. The van der Waals surface area contributed by atoms with Crippen LogP contribution in [0.5, 0.6) is 0 Å². The molecule has 0 amide bonds. The van der Waals surface area contributed by atoms with Crippen LogP contribution in [0.3, 0.4) is 0 Å². The number of piperidine rings is 1. The van der Waals surface area contributed by atoms with Crippen molar-refractivity contribution in [3.63, 3.8) is 0 Å². The lowest BCUT2D eigenvalue weighted by Crippen LogP contribution is -2.40. The highest BCUT2D eigenvalue weighted by Crippen LogP contribution is 2.41. The third kappa shape index (κ3) is 3.74. The molecule has 0 aliphatic carbocycles. The topological polar surface area (TPSA) is 12.5 Å². The summed E-state index contributed by atoms with van der Waals surface area (Å²) in [5, 5.41) is 0. The summed E-state index contributed by atoms with van der Waals surface area (Å²) < 4.78 is 5.58. The summed E-state index contributed by atoms with van der Waals surface area (Å²) in [5.41, 5.74) is 0.396. The summed E-state index contributed by atoms with van der Waals surface area (Å²) in [4.78, 5) is 2.44. The molecule has 16 heavy (non-hydrogen) atoms. The van der Waals surface area contributed by atoms with Gasteiger partial charge in [-0.3, -0.25) is 0 Å². The lowest BCUT2D eigenvalue weighted by molar-refractivity contribution is -0.0342. The van der Waals surface area contributed by atoms with Gasteiger partial charge in [0, 0.05) is 7.11 Å². The second-order valence-electron chi connectivity index (χ2n) is 6.71. The van der Waals surface area contributed by atoms with Crippen molar-refractivity contribution in [3.05, 3.63) is 0 Å². The van der Waals surface area contributed by atoms with Gasteiger partial charge < -0.3 is 9.64 Å². The molecule has 0 aromatic heterocycles. The largest absolute Gasteiger partial charge is 0.379 e. The normalized spacial score (nSPS) is 21.4. The van der Waals surface area contributed by atoms with Crippen LogP contribution in [0.4, 0.5) is 0 Å². The Labute approximate surface area is 101 Å². The van der Waals surface area contributed by atoms with E-state index in [1.807, 2.05) is 7.11 Å². The maximum Gasteiger partial charge on any atom is 0.0627 e. The Morgan fingerprint density at radius 3 is 2.06 bits per heavy atom. The molecule has 1 aliphatic heterocycles. The molecule has 0 N–H and O–H groups in total. The van der Waals surface area contributed by atoms with E-state index < -0.39 is 0 Å². The van der Waals surface area contributed by atoms with Gasteiger partial charge in [0.25, 0.3) is 0 Å². The number of rotatable bonds is 4. The van der Waals surface area contributed by atoms with E-state index in [-0.39, 0.29) is 5.60 Å². The van der Waals surface area contributed by atoms with Crippen LogP contribution in [-0.2, 0) is 4.74 Å². The number of methoxy groups -OCH3 is 1. The molecule has 0 spiro atoms. The molecule has 96 valence electrons. The minimum absolute atomic E-state index is 0.00679. The van der Waals surface area contributed by atoms with E-state index in [4.69, 9.17) is 4.74 Å². The number of hydrogen-bond donors (Lipinski definition) is 0. The molecule has 0 saturated carbocycles. The number of hydrogen-bond acceptors (Lipinski definition) is 2. The molecule has 0 atom stereocenters. The average Bonchev–Trinajstić information content (AvgIpc) is 2.17. The Morgan fingerprint density at radius 2 is 1.62 bits per heavy atom. The maximum absolute atomic E-state index is 5.58. The Hall–Kier alpha value is -0.0800. The molecule has 1 heterocycles. The predicted molar refractivity (Wildman–Crippen MR) is 69.7 cm³/mol. The van der Waals surface area contributed by atoms with Gasteiger partial charge in [-0.05, 0) is 64.6 Å². The summed E-state index contributed by atoms with van der Waals surface area (Å²) in [7, 11) is 4.05. The van der Waals surface area contributed by atoms with E-state index in [0.29, 0.717) is 5.41 Å². The molecule has 0 radical (unpaired) electrons. The van der Waals surface area contributed by atoms with Crippen molar-refractivity contribution in [2.24, 2.45) is 11.3 Å². The van der Waals surface area contributed by atoms with Gasteiger partial charge in [0.2, 0.25) is 0 Å². The fourth-order valence-electron chi connectivity index (χ4n) is 3.10. The fourth-order valence-corrected chi connectivity index (χ4v) is 3.10. The molecule has 1 rings (SSSR count). The number of likely N-dealkylation sites (tertiary alicyclic amines) is 1. The third-order valence-electron chi connectivity index (χ3n) is 4.26. The molecule has 0 aromatic carbocycles. The van der Waals surface area contributed by atoms with Crippen molar-refractivity contribution >= 4 is 0 Å². The zero-order valence-corrected chi connectivity index (χ0v) is 12.0. The van der Waals surface area contributed by atoms with Gasteiger partial charge in [-0.1, -0.05) is 13.8 Å². The monoisotopic (exact) mass is 227 g/mol. The zero-order chi connectivity index (χ0) is 12.4. The molecule has 0 bridgehead atoms. The van der Waals surface area contributed by atoms with Crippen molar-refractivity contribution in [1.29, 1.82) is 0 Å². The fraction of sp³-hybridized carbons (Fsp3) is 1.00. The molecule has 1 aliphatic rings. The summed E-state index contributed by atoms with van der Waals surface area (Å²) in [6.07, 6.45) is 3.82. The van der Waals surface area contributed by atoms with Crippen molar-refractivity contribution in [1.82, 2.24) is 4.90 Å². The average molecular weight is 227 g/mol. The number of ether oxygens (including phenoxy) is 1. The van der Waals surface area contributed by atoms with Crippen LogP contribution in [0.2, 0.25) is 0 Å². The van der Waals surface area contributed by atoms with Crippen molar-refractivity contribution < 1.29 is 4.74 Å². The highest BCUT2D eigenvalue weighted by molar-refractivity contribution is 4.87. The maximum atomic E-state index is 5.58. The summed E-state index contributed by atoms with van der Waals surface area (Å²) in [6, 6.07) is 0. The first-order chi connectivity index (χ1) is 7.27. The Kier molecular flexibility index (Phi) is 4.42. The van der Waals surface area contributed by atoms with E-state index in [1.54, 1.807) is 0 Å². The minimum Gasteiger partial charge on any atom is -0.379 e. The van der Waals surface area contributed by atoms with Gasteiger partial charge >= 0.3 is 0 Å². The predicted octanol–water partition coefficient (Wildman–Crippen LogP) is 3.17. The molecular formula is C14H29NO. The van der Waals surface area contributed by atoms with Crippen LogP contribution in [0.25, 0.3) is 0 Å². The van der Waals surface area contributed by atoms with Crippen molar-refractivity contribution in [3.8, 4) is 0 Å². The van der Waals surface area contributed by atoms with Crippen LogP contribution in [0, 0.1) is 11.3 Å². The Bertz CT molecular complexity index is 215. The second kappa shape index (κ2) is 5.05. The Morgan fingerprint density at radius 1 is 1.12 bits per heavy atom. The zero-order valence-electron chi connectivity index (χ0n) is 12.0. The van der Waals surface area contributed by atoms with Gasteiger partial charge in [-0.15, -0.1) is 0 Å². The molecule has 0 aromatic rings. The standard InChI is InChI=1S/C14H29NO/c1-13(2,11-14(3,4)16-6)12-7-9-15(5)10-8-12/h12H,7-11H2,1-6H3. The first kappa shape index (κ1) is 14.0. The minimum atomic E-state index is 0.00679.